The summed E-state index contributed by atoms with van der Waals surface area (Å²) in [7, 11) is 0. The molecule has 9 heteroatoms. The summed E-state index contributed by atoms with van der Waals surface area (Å²) in [6.45, 7) is 1.84. The molecule has 5 nitrogen and oxygen atoms in total. The number of rotatable bonds is 4. The highest BCUT2D eigenvalue weighted by molar-refractivity contribution is 5.88. The van der Waals surface area contributed by atoms with Crippen LogP contribution < -0.4 is 10.1 Å². The summed E-state index contributed by atoms with van der Waals surface area (Å²) in [5.74, 6) is -0.349. The molecule has 4 rings (SSSR count). The number of aromatic amines is 2. The number of ether oxygens (including phenoxy) is 1. The molecule has 2 heterocycles. The van der Waals surface area contributed by atoms with Gasteiger partial charge >= 0.3 is 12.3 Å². The predicted molar refractivity (Wildman–Crippen MR) is 104 cm³/mol. The van der Waals surface area contributed by atoms with E-state index in [1.807, 2.05) is 0 Å². The maximum Gasteiger partial charge on any atom is 0.418 e. The van der Waals surface area contributed by atoms with E-state index in [4.69, 9.17) is 4.74 Å². The second-order valence-electron chi connectivity index (χ2n) is 6.86. The Hall–Kier alpha value is -3.49. The Morgan fingerprint density at radius 1 is 1.10 bits per heavy atom. The van der Waals surface area contributed by atoms with Crippen molar-refractivity contribution in [2.24, 2.45) is 0 Å². The van der Waals surface area contributed by atoms with Crippen LogP contribution in [0, 0.1) is 12.7 Å². The molecule has 1 amide bonds. The van der Waals surface area contributed by atoms with Gasteiger partial charge in [-0.2, -0.15) is 13.2 Å². The quantitative estimate of drug-likeness (QED) is 0.385. The minimum absolute atomic E-state index is 0.0279. The topological polar surface area (TPSA) is 69.9 Å². The minimum atomic E-state index is -4.46. The van der Waals surface area contributed by atoms with Gasteiger partial charge in [0.15, 0.2) is 0 Å². The molecule has 0 unspecified atom stereocenters. The van der Waals surface area contributed by atoms with Crippen molar-refractivity contribution in [3.63, 3.8) is 0 Å². The molecule has 0 aliphatic heterocycles. The van der Waals surface area contributed by atoms with Crippen LogP contribution in [0.25, 0.3) is 21.8 Å². The number of aryl methyl sites for hydroxylation is 1. The molecular weight excluding hydrogens is 402 g/mol. The number of carbonyl (C=O) groups excluding carboxylic acids is 1. The van der Waals surface area contributed by atoms with E-state index in [1.165, 1.54) is 24.3 Å². The third-order valence-electron chi connectivity index (χ3n) is 4.89. The molecule has 0 bridgehead atoms. The third-order valence-corrected chi connectivity index (χ3v) is 4.89. The Morgan fingerprint density at radius 3 is 2.60 bits per heavy atom. The van der Waals surface area contributed by atoms with E-state index in [0.717, 1.165) is 6.07 Å². The molecular formula is C21H17F4N3O2. The first-order chi connectivity index (χ1) is 14.2. The Morgan fingerprint density at radius 2 is 1.87 bits per heavy atom. The first-order valence-electron chi connectivity index (χ1n) is 9.14. The lowest BCUT2D eigenvalue weighted by atomic mass is 10.1. The van der Waals surface area contributed by atoms with Gasteiger partial charge in [-0.25, -0.2) is 9.18 Å². The summed E-state index contributed by atoms with van der Waals surface area (Å²) in [6, 6.07) is 9.87. The van der Waals surface area contributed by atoms with Gasteiger partial charge < -0.3 is 20.0 Å². The van der Waals surface area contributed by atoms with E-state index in [2.05, 4.69) is 15.3 Å². The monoisotopic (exact) mass is 419 g/mol. The SMILES string of the molecule is Cc1[nH]c2c(C(F)(F)F)cccc2c1CCNC(=O)Oc1cc2c(F)cccc2[nH]1. The highest BCUT2D eigenvalue weighted by atomic mass is 19.4. The van der Waals surface area contributed by atoms with E-state index >= 15 is 0 Å². The molecule has 30 heavy (non-hydrogen) atoms. The maximum absolute atomic E-state index is 13.7. The van der Waals surface area contributed by atoms with Crippen LogP contribution in [0.15, 0.2) is 42.5 Å². The Balaban J connectivity index is 1.44. The summed E-state index contributed by atoms with van der Waals surface area (Å²) in [4.78, 5) is 17.6. The molecule has 0 aliphatic rings. The van der Waals surface area contributed by atoms with Crippen LogP contribution in [0.2, 0.25) is 0 Å². The number of H-pyrrole nitrogens is 2. The van der Waals surface area contributed by atoms with Gasteiger partial charge in [0.25, 0.3) is 0 Å². The molecule has 0 radical (unpaired) electrons. The number of benzene rings is 2. The van der Waals surface area contributed by atoms with E-state index in [0.29, 0.717) is 34.0 Å². The summed E-state index contributed by atoms with van der Waals surface area (Å²) in [5.41, 5.74) is 1.08. The minimum Gasteiger partial charge on any atom is -0.393 e. The summed E-state index contributed by atoms with van der Waals surface area (Å²) in [5, 5.41) is 3.32. The Labute approximate surface area is 168 Å². The zero-order valence-electron chi connectivity index (χ0n) is 15.8. The highest BCUT2D eigenvalue weighted by Crippen LogP contribution is 2.36. The zero-order valence-corrected chi connectivity index (χ0v) is 15.8. The van der Waals surface area contributed by atoms with Crippen molar-refractivity contribution >= 4 is 27.9 Å². The van der Waals surface area contributed by atoms with Crippen LogP contribution >= 0.6 is 0 Å². The number of alkyl halides is 3. The number of nitrogens with one attached hydrogen (secondary N) is 3. The number of aromatic nitrogens is 2. The molecule has 0 saturated heterocycles. The number of hydrogen-bond acceptors (Lipinski definition) is 2. The number of para-hydroxylation sites is 1. The van der Waals surface area contributed by atoms with Crippen LogP contribution in [0.1, 0.15) is 16.8 Å². The van der Waals surface area contributed by atoms with Gasteiger partial charge in [0.2, 0.25) is 5.88 Å². The van der Waals surface area contributed by atoms with E-state index in [9.17, 15) is 22.4 Å². The average molecular weight is 419 g/mol. The summed E-state index contributed by atoms with van der Waals surface area (Å²) >= 11 is 0. The molecule has 0 fully saturated rings. The van der Waals surface area contributed by atoms with Crippen LogP contribution in [0.3, 0.4) is 0 Å². The molecule has 2 aromatic carbocycles. The van der Waals surface area contributed by atoms with Crippen LogP contribution in [0.5, 0.6) is 5.88 Å². The first kappa shape index (κ1) is 19.8. The molecule has 2 aromatic heterocycles. The van der Waals surface area contributed by atoms with E-state index in [-0.39, 0.29) is 17.9 Å². The van der Waals surface area contributed by atoms with Crippen molar-refractivity contribution in [2.75, 3.05) is 6.54 Å². The first-order valence-corrected chi connectivity index (χ1v) is 9.14. The van der Waals surface area contributed by atoms with Crippen LogP contribution in [0.4, 0.5) is 22.4 Å². The summed E-state index contributed by atoms with van der Waals surface area (Å²) in [6.07, 6.45) is -4.91. The molecule has 0 spiro atoms. The van der Waals surface area contributed by atoms with Gasteiger partial charge in [0.1, 0.15) is 5.82 Å². The Bertz CT molecular complexity index is 1240. The second kappa shape index (κ2) is 7.40. The van der Waals surface area contributed by atoms with Crippen molar-refractivity contribution in [1.82, 2.24) is 15.3 Å². The lowest BCUT2D eigenvalue weighted by Gasteiger charge is -2.08. The fraction of sp³-hybridized carbons (Fsp3) is 0.190. The standard InChI is InChI=1S/C21H17F4N3O2/c1-11-12(13-4-2-5-15(19(13)27-11)21(23,24)25)8-9-26-20(29)30-18-10-14-16(22)6-3-7-17(14)28-18/h2-7,10,27-28H,8-9H2,1H3,(H,26,29). The molecule has 0 aliphatic carbocycles. The second-order valence-corrected chi connectivity index (χ2v) is 6.86. The fourth-order valence-corrected chi connectivity index (χ4v) is 3.53. The van der Waals surface area contributed by atoms with E-state index < -0.39 is 23.7 Å². The summed E-state index contributed by atoms with van der Waals surface area (Å²) < 4.78 is 58.5. The predicted octanol–water partition coefficient (Wildman–Crippen LogP) is 5.45. The van der Waals surface area contributed by atoms with Crippen molar-refractivity contribution in [2.45, 2.75) is 19.5 Å². The Kier molecular flexibility index (Phi) is 4.89. The number of carbonyl (C=O) groups is 1. The number of amides is 1. The van der Waals surface area contributed by atoms with Gasteiger partial charge in [0.05, 0.1) is 16.6 Å². The molecule has 0 saturated carbocycles. The van der Waals surface area contributed by atoms with Crippen molar-refractivity contribution in [3.05, 3.63) is 65.1 Å². The smallest absolute Gasteiger partial charge is 0.393 e. The van der Waals surface area contributed by atoms with Gasteiger partial charge in [-0.3, -0.25) is 0 Å². The van der Waals surface area contributed by atoms with Crippen molar-refractivity contribution in [1.29, 1.82) is 0 Å². The van der Waals surface area contributed by atoms with Gasteiger partial charge in [0, 0.05) is 29.1 Å². The van der Waals surface area contributed by atoms with Crippen LogP contribution in [-0.4, -0.2) is 22.6 Å². The molecule has 156 valence electrons. The lowest BCUT2D eigenvalue weighted by Crippen LogP contribution is -2.28. The number of halogens is 4. The normalized spacial score (nSPS) is 11.9. The zero-order chi connectivity index (χ0) is 21.5. The van der Waals surface area contributed by atoms with E-state index in [1.54, 1.807) is 19.1 Å². The largest absolute Gasteiger partial charge is 0.418 e. The third kappa shape index (κ3) is 3.70. The lowest BCUT2D eigenvalue weighted by molar-refractivity contribution is -0.136. The molecule has 3 N–H and O–H groups in total. The average Bonchev–Trinajstić information content (AvgIpc) is 3.22. The maximum atomic E-state index is 13.7. The van der Waals surface area contributed by atoms with Gasteiger partial charge in [-0.1, -0.05) is 18.2 Å². The van der Waals surface area contributed by atoms with Crippen molar-refractivity contribution in [3.8, 4) is 5.88 Å². The highest BCUT2D eigenvalue weighted by Gasteiger charge is 2.33. The van der Waals surface area contributed by atoms with Gasteiger partial charge in [-0.05, 0) is 37.1 Å². The van der Waals surface area contributed by atoms with Crippen molar-refractivity contribution < 1.29 is 27.1 Å². The number of fused-ring (bicyclic) bond motifs is 2. The van der Waals surface area contributed by atoms with Gasteiger partial charge in [-0.15, -0.1) is 0 Å². The molecule has 4 aromatic rings. The number of hydrogen-bond donors (Lipinski definition) is 3. The fourth-order valence-electron chi connectivity index (χ4n) is 3.53. The molecule has 0 atom stereocenters. The van der Waals surface area contributed by atoms with Crippen LogP contribution in [-0.2, 0) is 12.6 Å².